The number of hydrogen-bond donors (Lipinski definition) is 1. The Kier molecular flexibility index (Phi) is 3.29. The monoisotopic (exact) mass is 273 g/mol. The van der Waals surface area contributed by atoms with E-state index in [2.05, 4.69) is 9.89 Å². The van der Waals surface area contributed by atoms with Crippen LogP contribution < -0.4 is 5.73 Å². The molecule has 1 fully saturated rings. The van der Waals surface area contributed by atoms with Crippen molar-refractivity contribution in [3.05, 3.63) is 34.7 Å². The number of likely N-dealkylation sites (tertiary alicyclic amines) is 1. The lowest BCUT2D eigenvalue weighted by Crippen LogP contribution is -2.23. The molecule has 4 nitrogen and oxygen atoms in total. The summed E-state index contributed by atoms with van der Waals surface area (Å²) in [6.45, 7) is 2.00. The number of carbonyl (C=O) groups is 1. The second-order valence-electron chi connectivity index (χ2n) is 4.63. The molecular formula is C14H15N3OS. The summed E-state index contributed by atoms with van der Waals surface area (Å²) in [7, 11) is 0. The summed E-state index contributed by atoms with van der Waals surface area (Å²) >= 11 is 1.45. The van der Waals surface area contributed by atoms with Gasteiger partial charge in [0, 0.05) is 18.8 Å². The molecule has 2 aliphatic heterocycles. The maximum Gasteiger partial charge on any atom is 0.286 e. The van der Waals surface area contributed by atoms with Gasteiger partial charge in [-0.25, -0.2) is 0 Å². The predicted molar refractivity (Wildman–Crippen MR) is 79.7 cm³/mol. The average molecular weight is 273 g/mol. The zero-order chi connectivity index (χ0) is 13.2. The van der Waals surface area contributed by atoms with Crippen molar-refractivity contribution in [1.82, 2.24) is 4.90 Å². The van der Waals surface area contributed by atoms with E-state index >= 15 is 0 Å². The molecule has 2 aliphatic rings. The number of hydrogen-bond acceptors (Lipinski definition) is 4. The van der Waals surface area contributed by atoms with Crippen molar-refractivity contribution in [2.75, 3.05) is 18.8 Å². The molecule has 1 amide bonds. The number of amidine groups is 1. The van der Waals surface area contributed by atoms with Crippen molar-refractivity contribution in [1.29, 1.82) is 0 Å². The molecule has 1 aromatic carbocycles. The number of thioether (sulfide) groups is 1. The predicted octanol–water partition coefficient (Wildman–Crippen LogP) is 2.33. The molecule has 3 rings (SSSR count). The largest absolute Gasteiger partial charge is 0.398 e. The van der Waals surface area contributed by atoms with E-state index in [1.54, 1.807) is 0 Å². The van der Waals surface area contributed by atoms with Gasteiger partial charge >= 0.3 is 0 Å². The van der Waals surface area contributed by atoms with Gasteiger partial charge in [-0.05, 0) is 42.3 Å². The highest BCUT2D eigenvalue weighted by Crippen LogP contribution is 2.32. The highest BCUT2D eigenvalue weighted by atomic mass is 32.2. The van der Waals surface area contributed by atoms with Gasteiger partial charge in [0.2, 0.25) is 0 Å². The van der Waals surface area contributed by atoms with Gasteiger partial charge in [-0.2, -0.15) is 4.99 Å². The summed E-state index contributed by atoms with van der Waals surface area (Å²) in [6, 6.07) is 7.53. The maximum absolute atomic E-state index is 11.9. The molecule has 0 saturated carbocycles. The summed E-state index contributed by atoms with van der Waals surface area (Å²) < 4.78 is 0. The second kappa shape index (κ2) is 5.09. The smallest absolute Gasteiger partial charge is 0.286 e. The molecule has 98 valence electrons. The normalized spacial score (nSPS) is 21.3. The zero-order valence-corrected chi connectivity index (χ0v) is 11.3. The summed E-state index contributed by atoms with van der Waals surface area (Å²) in [5.74, 6) is -0.157. The van der Waals surface area contributed by atoms with E-state index in [1.807, 2.05) is 30.3 Å². The van der Waals surface area contributed by atoms with Crippen LogP contribution in [0.3, 0.4) is 0 Å². The first-order valence-corrected chi connectivity index (χ1v) is 7.18. The summed E-state index contributed by atoms with van der Waals surface area (Å²) in [4.78, 5) is 18.9. The molecule has 1 aromatic rings. The van der Waals surface area contributed by atoms with Crippen molar-refractivity contribution in [3.8, 4) is 0 Å². The lowest BCUT2D eigenvalue weighted by Gasteiger charge is -2.14. The molecule has 0 bridgehead atoms. The fourth-order valence-corrected chi connectivity index (χ4v) is 3.18. The number of anilines is 1. The van der Waals surface area contributed by atoms with Gasteiger partial charge in [-0.1, -0.05) is 18.2 Å². The van der Waals surface area contributed by atoms with Crippen LogP contribution in [0.2, 0.25) is 0 Å². The van der Waals surface area contributed by atoms with Gasteiger partial charge in [-0.15, -0.1) is 0 Å². The number of amides is 1. The molecule has 0 atom stereocenters. The van der Waals surface area contributed by atoms with Crippen LogP contribution in [0.4, 0.5) is 5.69 Å². The van der Waals surface area contributed by atoms with E-state index in [0.717, 1.165) is 23.8 Å². The van der Waals surface area contributed by atoms with Crippen LogP contribution in [0.15, 0.2) is 34.2 Å². The first-order valence-electron chi connectivity index (χ1n) is 6.36. The van der Waals surface area contributed by atoms with Crippen molar-refractivity contribution in [2.24, 2.45) is 4.99 Å². The number of nitrogen functional groups attached to an aromatic ring is 1. The van der Waals surface area contributed by atoms with E-state index in [0.29, 0.717) is 10.6 Å². The van der Waals surface area contributed by atoms with Gasteiger partial charge in [0.05, 0.1) is 4.91 Å². The van der Waals surface area contributed by atoms with Crippen LogP contribution in [0.1, 0.15) is 18.4 Å². The second-order valence-corrected chi connectivity index (χ2v) is 5.64. The number of nitrogens with zero attached hydrogens (tertiary/aromatic N) is 2. The first-order chi connectivity index (χ1) is 9.24. The Morgan fingerprint density at radius 2 is 2.00 bits per heavy atom. The number of aliphatic imine (C=N–C) groups is 1. The number of nitrogens with two attached hydrogens (primary N) is 1. The Labute approximate surface area is 116 Å². The third kappa shape index (κ3) is 2.51. The van der Waals surface area contributed by atoms with Crippen molar-refractivity contribution in [2.45, 2.75) is 12.8 Å². The molecular weight excluding hydrogens is 258 g/mol. The zero-order valence-electron chi connectivity index (χ0n) is 10.5. The molecule has 0 radical (unpaired) electrons. The Hall–Kier alpha value is -1.75. The number of para-hydroxylation sites is 1. The minimum absolute atomic E-state index is 0.157. The van der Waals surface area contributed by atoms with E-state index in [1.165, 1.54) is 24.6 Å². The highest BCUT2D eigenvalue weighted by Gasteiger charge is 2.27. The molecule has 19 heavy (non-hydrogen) atoms. The lowest BCUT2D eigenvalue weighted by molar-refractivity contribution is -0.113. The Morgan fingerprint density at radius 1 is 1.26 bits per heavy atom. The molecule has 5 heteroatoms. The van der Waals surface area contributed by atoms with Crippen LogP contribution in [0, 0.1) is 0 Å². The van der Waals surface area contributed by atoms with Crippen LogP contribution >= 0.6 is 11.8 Å². The fourth-order valence-electron chi connectivity index (χ4n) is 2.23. The molecule has 0 unspecified atom stereocenters. The number of carbonyl (C=O) groups excluding carboxylic acids is 1. The first kappa shape index (κ1) is 12.3. The van der Waals surface area contributed by atoms with E-state index < -0.39 is 0 Å². The molecule has 2 heterocycles. The molecule has 0 aliphatic carbocycles. The average Bonchev–Trinajstić information content (AvgIpc) is 3.02. The third-order valence-corrected chi connectivity index (χ3v) is 4.31. The maximum atomic E-state index is 11.9. The summed E-state index contributed by atoms with van der Waals surface area (Å²) in [6.07, 6.45) is 4.19. The van der Waals surface area contributed by atoms with Crippen LogP contribution in [0.25, 0.3) is 6.08 Å². The highest BCUT2D eigenvalue weighted by molar-refractivity contribution is 8.18. The minimum atomic E-state index is -0.157. The van der Waals surface area contributed by atoms with Crippen LogP contribution in [0.5, 0.6) is 0 Å². The third-order valence-electron chi connectivity index (χ3n) is 3.27. The van der Waals surface area contributed by atoms with Gasteiger partial charge in [-0.3, -0.25) is 4.79 Å². The number of rotatable bonds is 1. The van der Waals surface area contributed by atoms with Crippen molar-refractivity contribution in [3.63, 3.8) is 0 Å². The van der Waals surface area contributed by atoms with Crippen LogP contribution in [-0.4, -0.2) is 29.1 Å². The van der Waals surface area contributed by atoms with Crippen LogP contribution in [-0.2, 0) is 4.79 Å². The summed E-state index contributed by atoms with van der Waals surface area (Å²) in [5.41, 5.74) is 7.44. The van der Waals surface area contributed by atoms with Crippen molar-refractivity contribution < 1.29 is 4.79 Å². The molecule has 2 N–H and O–H groups in total. The SMILES string of the molecule is Nc1ccccc1/C=C1\SC(N2CCCC2)=NC1=O. The molecule has 0 aromatic heterocycles. The Bertz CT molecular complexity index is 574. The quantitative estimate of drug-likeness (QED) is 0.630. The molecule has 1 saturated heterocycles. The minimum Gasteiger partial charge on any atom is -0.398 e. The lowest BCUT2D eigenvalue weighted by atomic mass is 10.1. The van der Waals surface area contributed by atoms with Crippen molar-refractivity contribution >= 4 is 34.6 Å². The van der Waals surface area contributed by atoms with Gasteiger partial charge in [0.25, 0.3) is 5.91 Å². The van der Waals surface area contributed by atoms with Gasteiger partial charge in [0.15, 0.2) is 5.17 Å². The summed E-state index contributed by atoms with van der Waals surface area (Å²) in [5, 5.41) is 0.836. The van der Waals surface area contributed by atoms with Gasteiger partial charge in [0.1, 0.15) is 0 Å². The topological polar surface area (TPSA) is 58.7 Å². The van der Waals surface area contributed by atoms with Gasteiger partial charge < -0.3 is 10.6 Å². The molecule has 0 spiro atoms. The van der Waals surface area contributed by atoms with E-state index in [4.69, 9.17) is 5.73 Å². The van der Waals surface area contributed by atoms with E-state index in [9.17, 15) is 4.79 Å². The standard InChI is InChI=1S/C14H15N3OS/c15-11-6-2-1-5-10(11)9-12-13(18)16-14(19-12)17-7-3-4-8-17/h1-2,5-6,9H,3-4,7-8,15H2/b12-9-. The van der Waals surface area contributed by atoms with E-state index in [-0.39, 0.29) is 5.91 Å². The Morgan fingerprint density at radius 3 is 2.74 bits per heavy atom. The number of benzene rings is 1. The Balaban J connectivity index is 1.81. The fraction of sp³-hybridized carbons (Fsp3) is 0.286.